The van der Waals surface area contributed by atoms with Gasteiger partial charge in [0.05, 0.1) is 29.8 Å². The van der Waals surface area contributed by atoms with E-state index in [1.165, 1.54) is 3.97 Å². The van der Waals surface area contributed by atoms with Crippen molar-refractivity contribution in [2.45, 2.75) is 38.5 Å². The lowest BCUT2D eigenvalue weighted by Crippen LogP contribution is -2.11. The van der Waals surface area contributed by atoms with Crippen molar-refractivity contribution in [1.29, 1.82) is 0 Å². The Morgan fingerprint density at radius 3 is 2.23 bits per heavy atom. The molecular weight excluding hydrogens is 421 g/mol. The molecule has 162 valence electrons. The Bertz CT molecular complexity index is 1140. The Kier molecular flexibility index (Phi) is 7.19. The van der Waals surface area contributed by atoms with E-state index in [0.717, 1.165) is 16.5 Å². The van der Waals surface area contributed by atoms with Crippen molar-refractivity contribution in [3.8, 4) is 0 Å². The normalized spacial score (nSPS) is 12.5. The molecule has 8 heteroatoms. The van der Waals surface area contributed by atoms with E-state index in [0.29, 0.717) is 37.7 Å². The van der Waals surface area contributed by atoms with Gasteiger partial charge in [-0.2, -0.15) is 0 Å². The molecule has 3 aromatic rings. The smallest absolute Gasteiger partial charge is 0.309 e. The van der Waals surface area contributed by atoms with Crippen molar-refractivity contribution in [3.05, 3.63) is 65.9 Å². The summed E-state index contributed by atoms with van der Waals surface area (Å²) in [7, 11) is -6.84. The van der Waals surface area contributed by atoms with Gasteiger partial charge in [0.15, 0.2) is 0 Å². The van der Waals surface area contributed by atoms with Crippen LogP contribution in [-0.2, 0) is 30.1 Å². The number of aromatic nitrogens is 1. The Morgan fingerprint density at radius 2 is 1.60 bits per heavy atom. The first-order valence-corrected chi connectivity index (χ1v) is 13.3. The largest absolute Gasteiger partial charge is 0.330 e. The van der Waals surface area contributed by atoms with Crippen LogP contribution >= 0.6 is 7.60 Å². The van der Waals surface area contributed by atoms with Crippen LogP contribution in [0.15, 0.2) is 59.6 Å². The van der Waals surface area contributed by atoms with Gasteiger partial charge in [0, 0.05) is 11.6 Å². The third-order valence-corrected chi connectivity index (χ3v) is 8.72. The third-order valence-electron chi connectivity index (χ3n) is 4.87. The number of hydrogen-bond donors (Lipinski definition) is 0. The molecule has 6 nitrogen and oxygen atoms in total. The molecule has 0 unspecified atom stereocenters. The standard InChI is InChI=1S/C22H28NO5PS/c1-4-27-29(24,28-5-2)16-8-9-19-17-23(22-11-7-6-10-21(19)22)30(25,26)20-14-12-18(3)13-15-20/h6-7,10-15,17H,4-5,8-9,16H2,1-3H3. The van der Waals surface area contributed by atoms with E-state index >= 15 is 0 Å². The average molecular weight is 450 g/mol. The maximum Gasteiger partial charge on any atom is 0.330 e. The predicted molar refractivity (Wildman–Crippen MR) is 120 cm³/mol. The number of rotatable bonds is 10. The van der Waals surface area contributed by atoms with E-state index < -0.39 is 17.6 Å². The molecule has 0 saturated heterocycles. The molecule has 1 heterocycles. The number of fused-ring (bicyclic) bond motifs is 1. The Morgan fingerprint density at radius 1 is 0.967 bits per heavy atom. The summed E-state index contributed by atoms with van der Waals surface area (Å²) < 4.78 is 51.3. The van der Waals surface area contributed by atoms with E-state index in [4.69, 9.17) is 9.05 Å². The third kappa shape index (κ3) is 4.86. The van der Waals surface area contributed by atoms with Crippen molar-refractivity contribution in [2.75, 3.05) is 19.4 Å². The predicted octanol–water partition coefficient (Wildman–Crippen LogP) is 5.39. The van der Waals surface area contributed by atoms with Crippen molar-refractivity contribution in [2.24, 2.45) is 0 Å². The van der Waals surface area contributed by atoms with Gasteiger partial charge in [0.2, 0.25) is 0 Å². The number of benzene rings is 2. The summed E-state index contributed by atoms with van der Waals surface area (Å²) in [6.45, 7) is 6.14. The summed E-state index contributed by atoms with van der Waals surface area (Å²) in [4.78, 5) is 0.248. The molecule has 0 aliphatic rings. The van der Waals surface area contributed by atoms with Crippen molar-refractivity contribution in [3.63, 3.8) is 0 Å². The van der Waals surface area contributed by atoms with Gasteiger partial charge in [-0.05, 0) is 57.4 Å². The van der Waals surface area contributed by atoms with E-state index in [2.05, 4.69) is 0 Å². The molecule has 0 aliphatic heterocycles. The second-order valence-electron chi connectivity index (χ2n) is 7.06. The van der Waals surface area contributed by atoms with E-state index in [1.54, 1.807) is 50.4 Å². The zero-order chi connectivity index (χ0) is 21.8. The molecule has 1 aromatic heterocycles. The van der Waals surface area contributed by atoms with Crippen LogP contribution in [-0.4, -0.2) is 31.8 Å². The number of hydrogen-bond acceptors (Lipinski definition) is 5. The van der Waals surface area contributed by atoms with Gasteiger partial charge in [-0.1, -0.05) is 35.9 Å². The summed E-state index contributed by atoms with van der Waals surface area (Å²) in [5.41, 5.74) is 2.52. The minimum atomic E-state index is -3.72. The van der Waals surface area contributed by atoms with Gasteiger partial charge in [-0.25, -0.2) is 12.4 Å². The molecule has 2 aromatic carbocycles. The second kappa shape index (κ2) is 9.48. The fourth-order valence-electron chi connectivity index (χ4n) is 3.46. The molecule has 0 saturated carbocycles. The van der Waals surface area contributed by atoms with Gasteiger partial charge >= 0.3 is 7.60 Å². The monoisotopic (exact) mass is 449 g/mol. The van der Waals surface area contributed by atoms with Gasteiger partial charge in [0.25, 0.3) is 10.0 Å². The van der Waals surface area contributed by atoms with Crippen molar-refractivity contribution < 1.29 is 22.0 Å². The van der Waals surface area contributed by atoms with Gasteiger partial charge in [-0.3, -0.25) is 4.57 Å². The molecule has 0 amide bonds. The highest BCUT2D eigenvalue weighted by molar-refractivity contribution is 7.90. The molecule has 0 bridgehead atoms. The Labute approximate surface area is 178 Å². The first kappa shape index (κ1) is 22.8. The van der Waals surface area contributed by atoms with E-state index in [1.807, 2.05) is 25.1 Å². The summed E-state index contributed by atoms with van der Waals surface area (Å²) >= 11 is 0. The van der Waals surface area contributed by atoms with Crippen LogP contribution in [0.4, 0.5) is 0 Å². The molecule has 0 aliphatic carbocycles. The first-order valence-electron chi connectivity index (χ1n) is 10.1. The summed E-state index contributed by atoms with van der Waals surface area (Å²) in [5, 5.41) is 0.871. The van der Waals surface area contributed by atoms with Crippen LogP contribution in [0, 0.1) is 6.92 Å². The van der Waals surface area contributed by atoms with Gasteiger partial charge in [-0.15, -0.1) is 0 Å². The van der Waals surface area contributed by atoms with Crippen LogP contribution in [0.25, 0.3) is 10.9 Å². The summed E-state index contributed by atoms with van der Waals surface area (Å²) in [6.07, 6.45) is 3.10. The SMILES string of the molecule is CCOP(=O)(CCCc1cn(S(=O)(=O)c2ccc(C)cc2)c2ccccc12)OCC. The lowest BCUT2D eigenvalue weighted by atomic mass is 10.1. The number of aryl methyl sites for hydroxylation is 2. The zero-order valence-electron chi connectivity index (χ0n) is 17.6. The Hall–Kier alpha value is -1.92. The fraction of sp³-hybridized carbons (Fsp3) is 0.364. The fourth-order valence-corrected chi connectivity index (χ4v) is 6.52. The van der Waals surface area contributed by atoms with E-state index in [9.17, 15) is 13.0 Å². The summed E-state index contributed by atoms with van der Waals surface area (Å²) in [6, 6.07) is 14.3. The van der Waals surface area contributed by atoms with Crippen LogP contribution in [0.1, 0.15) is 31.4 Å². The second-order valence-corrected chi connectivity index (χ2v) is 11.1. The molecule has 0 radical (unpaired) electrons. The maximum absolute atomic E-state index is 13.3. The summed E-state index contributed by atoms with van der Waals surface area (Å²) in [5.74, 6) is 0. The molecule has 0 N–H and O–H groups in total. The molecule has 0 atom stereocenters. The molecule has 0 spiro atoms. The number of para-hydroxylation sites is 1. The molecule has 3 rings (SSSR count). The van der Waals surface area contributed by atoms with Crippen LogP contribution < -0.4 is 0 Å². The first-order chi connectivity index (χ1) is 14.3. The van der Waals surface area contributed by atoms with E-state index in [-0.39, 0.29) is 4.90 Å². The minimum absolute atomic E-state index is 0.248. The van der Waals surface area contributed by atoms with Crippen LogP contribution in [0.5, 0.6) is 0 Å². The average Bonchev–Trinajstić information content (AvgIpc) is 3.08. The van der Waals surface area contributed by atoms with Crippen LogP contribution in [0.2, 0.25) is 0 Å². The topological polar surface area (TPSA) is 74.6 Å². The molecule has 30 heavy (non-hydrogen) atoms. The van der Waals surface area contributed by atoms with Crippen LogP contribution in [0.3, 0.4) is 0 Å². The lowest BCUT2D eigenvalue weighted by Gasteiger charge is -2.16. The Balaban J connectivity index is 1.91. The quantitative estimate of drug-likeness (QED) is 0.388. The highest BCUT2D eigenvalue weighted by atomic mass is 32.2. The maximum atomic E-state index is 13.3. The minimum Gasteiger partial charge on any atom is -0.309 e. The van der Waals surface area contributed by atoms with Crippen molar-refractivity contribution >= 4 is 28.5 Å². The zero-order valence-corrected chi connectivity index (χ0v) is 19.3. The highest BCUT2D eigenvalue weighted by Gasteiger charge is 2.24. The van der Waals surface area contributed by atoms with Gasteiger partial charge in [0.1, 0.15) is 0 Å². The lowest BCUT2D eigenvalue weighted by molar-refractivity contribution is 0.220. The van der Waals surface area contributed by atoms with Gasteiger partial charge < -0.3 is 9.05 Å². The highest BCUT2D eigenvalue weighted by Crippen LogP contribution is 2.48. The molecular formula is C22H28NO5PS. The van der Waals surface area contributed by atoms with Crippen molar-refractivity contribution in [1.82, 2.24) is 3.97 Å². The molecule has 0 fully saturated rings. The number of nitrogens with zero attached hydrogens (tertiary/aromatic N) is 1.